The van der Waals surface area contributed by atoms with Gasteiger partial charge in [0.25, 0.3) is 0 Å². The van der Waals surface area contributed by atoms with Gasteiger partial charge in [0.05, 0.1) is 6.04 Å². The Labute approximate surface area is 175 Å². The summed E-state index contributed by atoms with van der Waals surface area (Å²) in [6, 6.07) is 23.1. The molecule has 0 unspecified atom stereocenters. The van der Waals surface area contributed by atoms with E-state index in [1.165, 1.54) is 0 Å². The van der Waals surface area contributed by atoms with E-state index in [-0.39, 0.29) is 18.2 Å². The summed E-state index contributed by atoms with van der Waals surface area (Å²) in [6.45, 7) is 1.85. The maximum absolute atomic E-state index is 12.7. The van der Waals surface area contributed by atoms with Gasteiger partial charge in [0.2, 0.25) is 5.91 Å². The summed E-state index contributed by atoms with van der Waals surface area (Å²) in [5.74, 6) is -0.198. The molecule has 1 fully saturated rings. The van der Waals surface area contributed by atoms with Gasteiger partial charge in [-0.05, 0) is 41.5 Å². The fourth-order valence-electron chi connectivity index (χ4n) is 3.43. The molecule has 0 bridgehead atoms. The lowest BCUT2D eigenvalue weighted by atomic mass is 10.0. The van der Waals surface area contributed by atoms with Crippen molar-refractivity contribution < 1.29 is 14.3 Å². The fourth-order valence-corrected chi connectivity index (χ4v) is 3.61. The van der Waals surface area contributed by atoms with E-state index in [4.69, 9.17) is 21.3 Å². The van der Waals surface area contributed by atoms with E-state index in [0.717, 1.165) is 21.9 Å². The number of fused-ring (bicyclic) bond motifs is 1. The van der Waals surface area contributed by atoms with Crippen LogP contribution < -0.4 is 10.2 Å². The quantitative estimate of drug-likeness (QED) is 0.576. The van der Waals surface area contributed by atoms with Crippen LogP contribution >= 0.6 is 11.8 Å². The minimum absolute atomic E-state index is 0.198. The minimum atomic E-state index is -0.565. The van der Waals surface area contributed by atoms with Gasteiger partial charge in [-0.2, -0.15) is 0 Å². The van der Waals surface area contributed by atoms with Gasteiger partial charge < -0.3 is 14.8 Å². The summed E-state index contributed by atoms with van der Waals surface area (Å²) in [7, 11) is 0. The summed E-state index contributed by atoms with van der Waals surface area (Å²) in [4.78, 5) is 15.3. The molecule has 2 atom stereocenters. The van der Waals surface area contributed by atoms with Crippen molar-refractivity contribution in [1.82, 2.24) is 10.2 Å². The molecule has 0 aliphatic carbocycles. The molecule has 0 spiro atoms. The molecule has 3 aromatic carbocycles. The van der Waals surface area contributed by atoms with Gasteiger partial charge >= 0.3 is 0 Å². The van der Waals surface area contributed by atoms with E-state index in [1.807, 2.05) is 55.5 Å². The van der Waals surface area contributed by atoms with Crippen molar-refractivity contribution in [2.24, 2.45) is 0 Å². The number of benzene rings is 3. The molecule has 1 saturated heterocycles. The monoisotopic (exact) mass is 410 g/mol. The number of halogens is 1. The predicted molar refractivity (Wildman–Crippen MR) is 113 cm³/mol. The normalized spacial score (nSPS) is 20.6. The van der Waals surface area contributed by atoms with Crippen LogP contribution in [0, 0.1) is 0 Å². The lowest BCUT2D eigenvalue weighted by Crippen LogP contribution is -2.54. The molecule has 0 radical (unpaired) electrons. The van der Waals surface area contributed by atoms with Gasteiger partial charge in [0, 0.05) is 5.56 Å². The van der Waals surface area contributed by atoms with Crippen LogP contribution in [-0.2, 0) is 20.7 Å². The Bertz CT molecular complexity index is 976. The summed E-state index contributed by atoms with van der Waals surface area (Å²) in [6.07, 6.45) is -0.396. The smallest absolute Gasteiger partial charge is 0.239 e. The van der Waals surface area contributed by atoms with E-state index < -0.39 is 12.3 Å². The molecule has 2 N–H and O–H groups in total. The molecule has 3 aromatic rings. The summed E-state index contributed by atoms with van der Waals surface area (Å²) in [5.41, 5.74) is 1.99. The number of hydrogen-bond acceptors (Lipinski definition) is 4. The van der Waals surface area contributed by atoms with Crippen LogP contribution in [0.5, 0.6) is 0 Å². The SMILES string of the molecule is C[C@H](NC(=O)[C@@H](Cc1ccc2ccccc2c1)NCl)C1OC(c2ccccc2)O1. The molecule has 5 nitrogen and oxygen atoms in total. The van der Waals surface area contributed by atoms with Crippen molar-refractivity contribution in [3.63, 3.8) is 0 Å². The molecule has 1 amide bonds. The number of carbonyl (C=O) groups is 1. The summed E-state index contributed by atoms with van der Waals surface area (Å²) >= 11 is 5.87. The van der Waals surface area contributed by atoms with Crippen molar-refractivity contribution >= 4 is 28.5 Å². The van der Waals surface area contributed by atoms with E-state index in [9.17, 15) is 4.79 Å². The molecular formula is C23H23ClN2O3. The number of rotatable bonds is 7. The zero-order chi connectivity index (χ0) is 20.2. The highest BCUT2D eigenvalue weighted by molar-refractivity contribution is 6.15. The van der Waals surface area contributed by atoms with Crippen LogP contribution in [0.4, 0.5) is 0 Å². The number of amides is 1. The van der Waals surface area contributed by atoms with Crippen LogP contribution in [0.15, 0.2) is 72.8 Å². The molecule has 0 saturated carbocycles. The zero-order valence-electron chi connectivity index (χ0n) is 16.0. The first-order chi connectivity index (χ1) is 14.1. The average Bonchev–Trinajstić information content (AvgIpc) is 2.71. The van der Waals surface area contributed by atoms with Crippen LogP contribution in [-0.4, -0.2) is 24.3 Å². The lowest BCUT2D eigenvalue weighted by Gasteiger charge is -2.40. The van der Waals surface area contributed by atoms with Gasteiger partial charge in [-0.3, -0.25) is 4.79 Å². The highest BCUT2D eigenvalue weighted by Gasteiger charge is 2.37. The highest BCUT2D eigenvalue weighted by atomic mass is 35.5. The van der Waals surface area contributed by atoms with Crippen molar-refractivity contribution in [3.05, 3.63) is 83.9 Å². The van der Waals surface area contributed by atoms with E-state index in [1.54, 1.807) is 0 Å². The van der Waals surface area contributed by atoms with Crippen molar-refractivity contribution in [3.8, 4) is 0 Å². The number of nitrogens with one attached hydrogen (secondary N) is 2. The second-order valence-corrected chi connectivity index (χ2v) is 7.45. The third kappa shape index (κ3) is 4.60. The molecule has 4 rings (SSSR count). The zero-order valence-corrected chi connectivity index (χ0v) is 16.8. The Morgan fingerprint density at radius 1 is 1.00 bits per heavy atom. The molecule has 6 heteroatoms. The molecule has 1 aliphatic heterocycles. The highest BCUT2D eigenvalue weighted by Crippen LogP contribution is 2.33. The number of hydrogen-bond donors (Lipinski definition) is 2. The first kappa shape index (κ1) is 19.9. The van der Waals surface area contributed by atoms with Gasteiger partial charge in [-0.25, -0.2) is 4.84 Å². The van der Waals surface area contributed by atoms with E-state index >= 15 is 0 Å². The third-order valence-corrected chi connectivity index (χ3v) is 5.33. The van der Waals surface area contributed by atoms with E-state index in [2.05, 4.69) is 34.4 Å². The predicted octanol–water partition coefficient (Wildman–Crippen LogP) is 4.07. The molecule has 1 heterocycles. The summed E-state index contributed by atoms with van der Waals surface area (Å²) < 4.78 is 11.6. The summed E-state index contributed by atoms with van der Waals surface area (Å²) in [5, 5.41) is 5.22. The fraction of sp³-hybridized carbons (Fsp3) is 0.261. The second-order valence-electron chi connectivity index (χ2n) is 7.23. The largest absolute Gasteiger partial charge is 0.347 e. The molecule has 150 valence electrons. The van der Waals surface area contributed by atoms with Gasteiger partial charge in [-0.15, -0.1) is 0 Å². The Kier molecular flexibility index (Phi) is 6.11. The standard InChI is InChI=1S/C23H23ClN2O3/c1-15(22-28-23(29-22)18-8-3-2-4-9-18)25-21(27)20(26-24)14-16-11-12-17-7-5-6-10-19(17)13-16/h2-13,15,20,22-23,26H,14H2,1H3,(H,25,27)/t15-,20+,22?,23?/m0/s1. The first-order valence-corrected chi connectivity index (χ1v) is 10.0. The Morgan fingerprint density at radius 2 is 1.69 bits per heavy atom. The van der Waals surface area contributed by atoms with Crippen LogP contribution in [0.25, 0.3) is 10.8 Å². The van der Waals surface area contributed by atoms with Gasteiger partial charge in [0.15, 0.2) is 12.6 Å². The topological polar surface area (TPSA) is 59.6 Å². The minimum Gasteiger partial charge on any atom is -0.347 e. The molecule has 1 aliphatic rings. The van der Waals surface area contributed by atoms with E-state index in [0.29, 0.717) is 6.42 Å². The van der Waals surface area contributed by atoms with Gasteiger partial charge in [0.1, 0.15) is 6.04 Å². The third-order valence-electron chi connectivity index (χ3n) is 5.07. The number of ether oxygens (including phenoxy) is 2. The Balaban J connectivity index is 1.32. The second kappa shape index (κ2) is 8.93. The van der Waals surface area contributed by atoms with Crippen molar-refractivity contribution in [1.29, 1.82) is 0 Å². The molecule has 0 aromatic heterocycles. The lowest BCUT2D eigenvalue weighted by molar-refractivity contribution is -0.396. The van der Waals surface area contributed by atoms with Gasteiger partial charge in [-0.1, -0.05) is 72.8 Å². The molecular weight excluding hydrogens is 388 g/mol. The van der Waals surface area contributed by atoms with Crippen molar-refractivity contribution in [2.75, 3.05) is 0 Å². The Morgan fingerprint density at radius 3 is 2.41 bits per heavy atom. The maximum Gasteiger partial charge on any atom is 0.239 e. The van der Waals surface area contributed by atoms with Crippen LogP contribution in [0.1, 0.15) is 24.3 Å². The van der Waals surface area contributed by atoms with Crippen LogP contribution in [0.3, 0.4) is 0 Å². The first-order valence-electron chi connectivity index (χ1n) is 9.64. The Hall–Kier alpha value is -2.44. The van der Waals surface area contributed by atoms with Crippen molar-refractivity contribution in [2.45, 2.75) is 38.0 Å². The maximum atomic E-state index is 12.7. The van der Waals surface area contributed by atoms with Crippen LogP contribution in [0.2, 0.25) is 0 Å². The average molecular weight is 411 g/mol. The number of carbonyl (C=O) groups excluding carboxylic acids is 1. The molecule has 29 heavy (non-hydrogen) atoms.